The van der Waals surface area contributed by atoms with Crippen molar-refractivity contribution in [3.63, 3.8) is 0 Å². The van der Waals surface area contributed by atoms with Crippen molar-refractivity contribution in [1.29, 1.82) is 0 Å². The van der Waals surface area contributed by atoms with E-state index in [9.17, 15) is 4.79 Å². The number of rotatable bonds is 9. The van der Waals surface area contributed by atoms with Crippen LogP contribution in [0, 0.1) is 0 Å². The molecule has 0 amide bonds. The topological polar surface area (TPSA) is 89.2 Å². The average molecular weight is 398 g/mol. The van der Waals surface area contributed by atoms with Gasteiger partial charge in [-0.3, -0.25) is 9.89 Å². The predicted molar refractivity (Wildman–Crippen MR) is 116 cm³/mol. The number of hydrogen-bond acceptors (Lipinski definition) is 5. The van der Waals surface area contributed by atoms with Gasteiger partial charge in [-0.05, 0) is 63.0 Å². The summed E-state index contributed by atoms with van der Waals surface area (Å²) in [5, 5.41) is 9.34. The normalized spacial score (nSPS) is 15.1. The van der Waals surface area contributed by atoms with E-state index in [1.54, 1.807) is 7.11 Å². The minimum Gasteiger partial charge on any atom is -0.384 e. The van der Waals surface area contributed by atoms with Gasteiger partial charge in [0.2, 0.25) is 0 Å². The summed E-state index contributed by atoms with van der Waals surface area (Å²) in [5.74, 6) is 0. The molecule has 1 aliphatic rings. The molecule has 156 valence electrons. The maximum absolute atomic E-state index is 13.3. The van der Waals surface area contributed by atoms with Crippen LogP contribution in [-0.4, -0.2) is 59.6 Å². The number of nitrogens with zero attached hydrogens (tertiary/aromatic N) is 3. The summed E-state index contributed by atoms with van der Waals surface area (Å²) in [5.41, 5.74) is 9.57. The lowest BCUT2D eigenvalue weighted by atomic mass is 10.0. The molecule has 0 aliphatic carbocycles. The quantitative estimate of drug-likeness (QED) is 0.577. The number of aryl methyl sites for hydroxylation is 1. The van der Waals surface area contributed by atoms with Gasteiger partial charge in [-0.25, -0.2) is 0 Å². The lowest BCUT2D eigenvalue weighted by molar-refractivity contribution is 0.201. The first-order chi connectivity index (χ1) is 14.2. The van der Waals surface area contributed by atoms with E-state index in [2.05, 4.69) is 33.3 Å². The van der Waals surface area contributed by atoms with Crippen molar-refractivity contribution >= 4 is 21.8 Å². The lowest BCUT2D eigenvalue weighted by Crippen LogP contribution is -2.23. The molecule has 1 aliphatic heterocycles. The van der Waals surface area contributed by atoms with Crippen LogP contribution < -0.4 is 11.3 Å². The molecular formula is C22H31N5O2. The highest BCUT2D eigenvalue weighted by molar-refractivity contribution is 6.04. The van der Waals surface area contributed by atoms with E-state index in [0.29, 0.717) is 31.5 Å². The zero-order valence-electron chi connectivity index (χ0n) is 17.2. The first kappa shape index (κ1) is 20.1. The van der Waals surface area contributed by atoms with Crippen molar-refractivity contribution < 1.29 is 4.74 Å². The molecule has 3 heterocycles. The second-order valence-electron chi connectivity index (χ2n) is 7.92. The van der Waals surface area contributed by atoms with Gasteiger partial charge in [0.15, 0.2) is 0 Å². The fourth-order valence-electron chi connectivity index (χ4n) is 4.36. The van der Waals surface area contributed by atoms with Crippen LogP contribution >= 0.6 is 0 Å². The van der Waals surface area contributed by atoms with Crippen molar-refractivity contribution in [2.75, 3.05) is 39.9 Å². The van der Waals surface area contributed by atoms with E-state index in [-0.39, 0.29) is 5.56 Å². The Morgan fingerprint density at radius 1 is 1.21 bits per heavy atom. The van der Waals surface area contributed by atoms with E-state index < -0.39 is 0 Å². The number of likely N-dealkylation sites (tertiary alicyclic amines) is 1. The molecule has 1 saturated heterocycles. The van der Waals surface area contributed by atoms with Gasteiger partial charge in [0.1, 0.15) is 5.52 Å². The van der Waals surface area contributed by atoms with Crippen LogP contribution in [0.1, 0.15) is 30.5 Å². The van der Waals surface area contributed by atoms with Crippen LogP contribution in [-0.2, 0) is 24.1 Å². The number of H-pyrrole nitrogens is 1. The molecule has 29 heavy (non-hydrogen) atoms. The first-order valence-electron chi connectivity index (χ1n) is 10.7. The van der Waals surface area contributed by atoms with Gasteiger partial charge in [0, 0.05) is 32.0 Å². The number of benzene rings is 1. The third-order valence-corrected chi connectivity index (χ3v) is 5.96. The Morgan fingerprint density at radius 3 is 2.79 bits per heavy atom. The number of fused-ring (bicyclic) bond motifs is 3. The minimum atomic E-state index is 0.00520. The maximum atomic E-state index is 13.3. The number of pyridine rings is 1. The molecule has 7 nitrogen and oxygen atoms in total. The molecule has 0 atom stereocenters. The third-order valence-electron chi connectivity index (χ3n) is 5.96. The molecule has 2 aromatic heterocycles. The standard InChI is InChI=1S/C22H31N5O2/c1-29-14-8-18-20-21(25-24-18)17-15-16(7-13-26-10-2-3-11-26)5-6-19(17)27(22(20)28)12-4-9-23/h5-6,15H,2-4,7-14,23H2,1H3,(H,24,25). The van der Waals surface area contributed by atoms with Crippen molar-refractivity contribution in [2.45, 2.75) is 38.6 Å². The molecule has 3 N–H and O–H groups in total. The predicted octanol–water partition coefficient (Wildman–Crippen LogP) is 2.05. The maximum Gasteiger partial charge on any atom is 0.262 e. The molecule has 1 fully saturated rings. The largest absolute Gasteiger partial charge is 0.384 e. The second-order valence-corrected chi connectivity index (χ2v) is 7.92. The molecule has 0 saturated carbocycles. The van der Waals surface area contributed by atoms with Crippen molar-refractivity contribution in [3.05, 3.63) is 39.8 Å². The number of nitrogens with one attached hydrogen (secondary N) is 1. The molecule has 3 aromatic rings. The molecule has 0 bridgehead atoms. The summed E-state index contributed by atoms with van der Waals surface area (Å²) in [6, 6.07) is 6.45. The first-order valence-corrected chi connectivity index (χ1v) is 10.7. The highest BCUT2D eigenvalue weighted by Gasteiger charge is 2.18. The third kappa shape index (κ3) is 4.08. The van der Waals surface area contributed by atoms with Crippen LogP contribution in [0.3, 0.4) is 0 Å². The van der Waals surface area contributed by atoms with Gasteiger partial charge < -0.3 is 19.9 Å². The van der Waals surface area contributed by atoms with Crippen molar-refractivity contribution in [3.8, 4) is 0 Å². The Kier molecular flexibility index (Phi) is 6.28. The van der Waals surface area contributed by atoms with Gasteiger partial charge in [-0.1, -0.05) is 6.07 Å². The van der Waals surface area contributed by atoms with E-state index in [1.807, 2.05) is 4.57 Å². The Bertz CT molecular complexity index is 1030. The fourth-order valence-corrected chi connectivity index (χ4v) is 4.36. The van der Waals surface area contributed by atoms with Crippen molar-refractivity contribution in [2.24, 2.45) is 5.73 Å². The van der Waals surface area contributed by atoms with E-state index in [0.717, 1.165) is 41.5 Å². The summed E-state index contributed by atoms with van der Waals surface area (Å²) in [4.78, 5) is 15.8. The molecule has 7 heteroatoms. The number of nitrogens with two attached hydrogens (primary N) is 1. The van der Waals surface area contributed by atoms with E-state index in [4.69, 9.17) is 10.5 Å². The van der Waals surface area contributed by atoms with Gasteiger partial charge in [0.25, 0.3) is 5.56 Å². The molecule has 0 unspecified atom stereocenters. The number of methoxy groups -OCH3 is 1. The monoisotopic (exact) mass is 397 g/mol. The minimum absolute atomic E-state index is 0.00520. The molecule has 0 spiro atoms. The highest BCUT2D eigenvalue weighted by atomic mass is 16.5. The molecular weight excluding hydrogens is 366 g/mol. The average Bonchev–Trinajstić information content (AvgIpc) is 3.41. The van der Waals surface area contributed by atoms with Crippen LogP contribution in [0.4, 0.5) is 0 Å². The summed E-state index contributed by atoms with van der Waals surface area (Å²) in [6.45, 7) is 5.22. The fraction of sp³-hybridized carbons (Fsp3) is 0.545. The lowest BCUT2D eigenvalue weighted by Gasteiger charge is -2.15. The van der Waals surface area contributed by atoms with Crippen molar-refractivity contribution in [1.82, 2.24) is 19.7 Å². The van der Waals surface area contributed by atoms with Gasteiger partial charge in [-0.15, -0.1) is 0 Å². The van der Waals surface area contributed by atoms with Gasteiger partial charge in [0.05, 0.1) is 23.2 Å². The summed E-state index contributed by atoms with van der Waals surface area (Å²) in [6.07, 6.45) is 5.04. The summed E-state index contributed by atoms with van der Waals surface area (Å²) >= 11 is 0. The Balaban J connectivity index is 1.78. The zero-order chi connectivity index (χ0) is 20.2. The molecule has 1 aromatic carbocycles. The molecule has 0 radical (unpaired) electrons. The van der Waals surface area contributed by atoms with Crippen LogP contribution in [0.5, 0.6) is 0 Å². The summed E-state index contributed by atoms with van der Waals surface area (Å²) < 4.78 is 7.07. The Labute approximate surface area is 170 Å². The van der Waals surface area contributed by atoms with E-state index >= 15 is 0 Å². The highest BCUT2D eigenvalue weighted by Crippen LogP contribution is 2.25. The SMILES string of the molecule is COCCc1[nH]nc2c1c(=O)n(CCCN)c1ccc(CCN3CCCC3)cc21. The Morgan fingerprint density at radius 2 is 2.03 bits per heavy atom. The van der Waals surface area contributed by atoms with Crippen LogP contribution in [0.25, 0.3) is 21.8 Å². The zero-order valence-corrected chi connectivity index (χ0v) is 17.2. The number of aromatic amines is 1. The second kappa shape index (κ2) is 9.07. The number of aromatic nitrogens is 3. The molecule has 4 rings (SSSR count). The van der Waals surface area contributed by atoms with Gasteiger partial charge >= 0.3 is 0 Å². The number of hydrogen-bond donors (Lipinski definition) is 2. The van der Waals surface area contributed by atoms with Gasteiger partial charge in [-0.2, -0.15) is 5.10 Å². The van der Waals surface area contributed by atoms with E-state index in [1.165, 1.54) is 31.5 Å². The Hall–Kier alpha value is -2.22. The van der Waals surface area contributed by atoms with Crippen LogP contribution in [0.15, 0.2) is 23.0 Å². The van der Waals surface area contributed by atoms with Crippen LogP contribution in [0.2, 0.25) is 0 Å². The number of ether oxygens (including phenoxy) is 1. The smallest absolute Gasteiger partial charge is 0.262 e. The summed E-state index contributed by atoms with van der Waals surface area (Å²) in [7, 11) is 1.67.